The second kappa shape index (κ2) is 10.9. The average Bonchev–Trinajstić information content (AvgIpc) is 2.88. The fourth-order valence-electron chi connectivity index (χ4n) is 2.45. The Morgan fingerprint density at radius 1 is 1.25 bits per heavy atom. The number of halogens is 1. The summed E-state index contributed by atoms with van der Waals surface area (Å²) >= 11 is 0. The van der Waals surface area contributed by atoms with Gasteiger partial charge < -0.3 is 16.4 Å². The van der Waals surface area contributed by atoms with E-state index in [2.05, 4.69) is 10.6 Å². The molecule has 1 rings (SSSR count). The molecule has 0 saturated heterocycles. The summed E-state index contributed by atoms with van der Waals surface area (Å²) < 4.78 is 0. The van der Waals surface area contributed by atoms with Gasteiger partial charge in [0, 0.05) is 24.9 Å². The maximum Gasteiger partial charge on any atom is 0.223 e. The maximum absolute atomic E-state index is 11.9. The molecule has 4 N–H and O–H groups in total. The van der Waals surface area contributed by atoms with E-state index >= 15 is 0 Å². The Morgan fingerprint density at radius 3 is 2.50 bits per heavy atom. The molecular formula is C14H28ClN3O2. The van der Waals surface area contributed by atoms with Crippen molar-refractivity contribution in [2.75, 3.05) is 13.1 Å². The van der Waals surface area contributed by atoms with Crippen LogP contribution in [0, 0.1) is 5.92 Å². The van der Waals surface area contributed by atoms with E-state index in [0.717, 1.165) is 38.5 Å². The third-order valence-corrected chi connectivity index (χ3v) is 3.56. The molecule has 0 heterocycles. The van der Waals surface area contributed by atoms with Crippen LogP contribution in [0.3, 0.4) is 0 Å². The lowest BCUT2D eigenvalue weighted by molar-refractivity contribution is -0.126. The zero-order valence-electron chi connectivity index (χ0n) is 12.3. The quantitative estimate of drug-likeness (QED) is 0.592. The van der Waals surface area contributed by atoms with Gasteiger partial charge in [0.1, 0.15) is 0 Å². The fourth-order valence-corrected chi connectivity index (χ4v) is 2.45. The zero-order valence-corrected chi connectivity index (χ0v) is 13.1. The first-order valence-corrected chi connectivity index (χ1v) is 7.40. The molecule has 20 heavy (non-hydrogen) atoms. The first-order valence-electron chi connectivity index (χ1n) is 7.40. The number of unbranched alkanes of at least 4 members (excludes halogenated alkanes) is 1. The van der Waals surface area contributed by atoms with Gasteiger partial charge in [-0.1, -0.05) is 12.8 Å². The van der Waals surface area contributed by atoms with E-state index in [1.165, 1.54) is 0 Å². The summed E-state index contributed by atoms with van der Waals surface area (Å²) in [5.41, 5.74) is 5.38. The van der Waals surface area contributed by atoms with Crippen LogP contribution in [-0.4, -0.2) is 30.9 Å². The van der Waals surface area contributed by atoms with E-state index in [1.54, 1.807) is 0 Å². The Kier molecular flexibility index (Phi) is 10.5. The predicted molar refractivity (Wildman–Crippen MR) is 82.7 cm³/mol. The second-order valence-electron chi connectivity index (χ2n) is 5.44. The summed E-state index contributed by atoms with van der Waals surface area (Å²) in [5, 5.41) is 5.78. The van der Waals surface area contributed by atoms with Crippen LogP contribution in [0.2, 0.25) is 0 Å². The smallest absolute Gasteiger partial charge is 0.223 e. The van der Waals surface area contributed by atoms with Crippen molar-refractivity contribution in [3.05, 3.63) is 0 Å². The topological polar surface area (TPSA) is 84.2 Å². The molecule has 6 heteroatoms. The predicted octanol–water partition coefficient (Wildman–Crippen LogP) is 1.35. The Hall–Kier alpha value is -0.810. The molecule has 1 unspecified atom stereocenters. The number of rotatable bonds is 8. The lowest BCUT2D eigenvalue weighted by atomic mass is 10.1. The van der Waals surface area contributed by atoms with Crippen molar-refractivity contribution in [2.45, 2.75) is 57.9 Å². The second-order valence-corrected chi connectivity index (χ2v) is 5.44. The molecular weight excluding hydrogens is 278 g/mol. The van der Waals surface area contributed by atoms with Gasteiger partial charge in [0.15, 0.2) is 0 Å². The third kappa shape index (κ3) is 7.70. The zero-order chi connectivity index (χ0) is 14.1. The van der Waals surface area contributed by atoms with Gasteiger partial charge in [-0.15, -0.1) is 12.4 Å². The van der Waals surface area contributed by atoms with Gasteiger partial charge in [-0.05, 0) is 39.2 Å². The minimum Gasteiger partial charge on any atom is -0.356 e. The van der Waals surface area contributed by atoms with Crippen LogP contribution >= 0.6 is 12.4 Å². The number of hydrogen-bond donors (Lipinski definition) is 3. The highest BCUT2D eigenvalue weighted by Gasteiger charge is 2.23. The Labute approximate surface area is 127 Å². The molecule has 0 aromatic heterocycles. The molecule has 1 saturated carbocycles. The molecule has 5 nitrogen and oxygen atoms in total. The van der Waals surface area contributed by atoms with E-state index in [4.69, 9.17) is 5.73 Å². The summed E-state index contributed by atoms with van der Waals surface area (Å²) in [6, 6.07) is -0.0948. The summed E-state index contributed by atoms with van der Waals surface area (Å²) in [7, 11) is 0. The Balaban J connectivity index is 0.00000361. The van der Waals surface area contributed by atoms with Crippen molar-refractivity contribution < 1.29 is 9.59 Å². The van der Waals surface area contributed by atoms with Crippen LogP contribution < -0.4 is 16.4 Å². The van der Waals surface area contributed by atoms with Crippen LogP contribution in [0.25, 0.3) is 0 Å². The Morgan fingerprint density at radius 2 is 1.90 bits per heavy atom. The van der Waals surface area contributed by atoms with Crippen LogP contribution in [0.5, 0.6) is 0 Å². The van der Waals surface area contributed by atoms with Crippen molar-refractivity contribution in [3.8, 4) is 0 Å². The number of nitrogens with one attached hydrogen (secondary N) is 2. The molecule has 1 atom stereocenters. The SMILES string of the molecule is CC(CC(=O)NCCCCN)NC(=O)C1CCCC1.Cl. The summed E-state index contributed by atoms with van der Waals surface area (Å²) in [6.45, 7) is 3.20. The van der Waals surface area contributed by atoms with Crippen molar-refractivity contribution in [2.24, 2.45) is 11.7 Å². The monoisotopic (exact) mass is 305 g/mol. The lowest BCUT2D eigenvalue weighted by Gasteiger charge is -2.16. The van der Waals surface area contributed by atoms with E-state index in [9.17, 15) is 9.59 Å². The third-order valence-electron chi connectivity index (χ3n) is 3.56. The van der Waals surface area contributed by atoms with Crippen LogP contribution in [-0.2, 0) is 9.59 Å². The summed E-state index contributed by atoms with van der Waals surface area (Å²) in [6.07, 6.45) is 6.45. The number of carbonyl (C=O) groups is 2. The largest absolute Gasteiger partial charge is 0.356 e. The molecule has 0 aliphatic heterocycles. The molecule has 1 aliphatic carbocycles. The minimum atomic E-state index is -0.0948. The highest BCUT2D eigenvalue weighted by molar-refractivity contribution is 5.85. The van der Waals surface area contributed by atoms with Crippen molar-refractivity contribution in [3.63, 3.8) is 0 Å². The van der Waals surface area contributed by atoms with Gasteiger partial charge in [-0.25, -0.2) is 0 Å². The Bertz CT molecular complexity index is 294. The summed E-state index contributed by atoms with van der Waals surface area (Å²) in [5.74, 6) is 0.271. The van der Waals surface area contributed by atoms with E-state index in [1.807, 2.05) is 6.92 Å². The maximum atomic E-state index is 11.9. The molecule has 0 radical (unpaired) electrons. The van der Waals surface area contributed by atoms with E-state index < -0.39 is 0 Å². The van der Waals surface area contributed by atoms with Gasteiger partial charge in [-0.2, -0.15) is 0 Å². The minimum absolute atomic E-state index is 0. The molecule has 2 amide bonds. The van der Waals surface area contributed by atoms with Crippen molar-refractivity contribution >= 4 is 24.2 Å². The molecule has 0 bridgehead atoms. The highest BCUT2D eigenvalue weighted by Crippen LogP contribution is 2.24. The standard InChI is InChI=1S/C14H27N3O2.ClH/c1-11(10-13(18)16-9-5-4-8-15)17-14(19)12-6-2-3-7-12;/h11-12H,2-10,15H2,1H3,(H,16,18)(H,17,19);1H. The number of amides is 2. The van der Waals surface area contributed by atoms with Gasteiger partial charge >= 0.3 is 0 Å². The molecule has 0 aromatic carbocycles. The lowest BCUT2D eigenvalue weighted by Crippen LogP contribution is -2.40. The first kappa shape index (κ1) is 19.2. The summed E-state index contributed by atoms with van der Waals surface area (Å²) in [4.78, 5) is 23.5. The first-order chi connectivity index (χ1) is 9.13. The van der Waals surface area contributed by atoms with Crippen LogP contribution in [0.15, 0.2) is 0 Å². The molecule has 0 spiro atoms. The fraction of sp³-hybridized carbons (Fsp3) is 0.857. The average molecular weight is 306 g/mol. The van der Waals surface area contributed by atoms with Crippen molar-refractivity contribution in [1.29, 1.82) is 0 Å². The molecule has 1 fully saturated rings. The molecule has 1 aliphatic rings. The van der Waals surface area contributed by atoms with Gasteiger partial charge in [0.2, 0.25) is 11.8 Å². The number of hydrogen-bond acceptors (Lipinski definition) is 3. The van der Waals surface area contributed by atoms with Gasteiger partial charge in [-0.3, -0.25) is 9.59 Å². The normalized spacial score (nSPS) is 16.3. The van der Waals surface area contributed by atoms with Crippen LogP contribution in [0.1, 0.15) is 51.9 Å². The molecule has 118 valence electrons. The number of nitrogens with two attached hydrogens (primary N) is 1. The number of carbonyl (C=O) groups excluding carboxylic acids is 2. The van der Waals surface area contributed by atoms with Crippen LogP contribution in [0.4, 0.5) is 0 Å². The van der Waals surface area contributed by atoms with Gasteiger partial charge in [0.25, 0.3) is 0 Å². The molecule has 0 aromatic rings. The highest BCUT2D eigenvalue weighted by atomic mass is 35.5. The van der Waals surface area contributed by atoms with E-state index in [-0.39, 0.29) is 36.2 Å². The van der Waals surface area contributed by atoms with E-state index in [0.29, 0.717) is 19.5 Å². The van der Waals surface area contributed by atoms with Crippen molar-refractivity contribution in [1.82, 2.24) is 10.6 Å². The van der Waals surface area contributed by atoms with Gasteiger partial charge in [0.05, 0.1) is 0 Å².